The molecule has 0 radical (unpaired) electrons. The molecular weight excluding hydrogens is 873 g/mol. The van der Waals surface area contributed by atoms with E-state index in [0.29, 0.717) is 76.5 Å². The Hall–Kier alpha value is -5.43. The molecule has 4 aromatic rings. The first-order valence-electron chi connectivity index (χ1n) is 23.8. The lowest BCUT2D eigenvalue weighted by Gasteiger charge is -2.37. The number of nitrogens with one attached hydrogen (secondary N) is 3. The summed E-state index contributed by atoms with van der Waals surface area (Å²) in [7, 11) is 3.30. The summed E-state index contributed by atoms with van der Waals surface area (Å²) in [6, 6.07) is 7.18. The average Bonchev–Trinajstić information content (AvgIpc) is 4.06. The highest BCUT2D eigenvalue weighted by atomic mass is 32.1. The maximum absolute atomic E-state index is 14.7. The molecule has 5 amide bonds. The van der Waals surface area contributed by atoms with Crippen molar-refractivity contribution >= 4 is 52.0 Å². The van der Waals surface area contributed by atoms with E-state index in [9.17, 15) is 24.0 Å². The van der Waals surface area contributed by atoms with Crippen molar-refractivity contribution in [3.05, 3.63) is 58.2 Å². The molecule has 0 spiro atoms. The molecule has 18 heteroatoms. The number of carbonyl (C=O) groups excluding carboxylic acids is 5. The molecule has 8 rings (SSSR count). The highest BCUT2D eigenvalue weighted by Crippen LogP contribution is 2.42. The molecule has 1 aromatic carbocycles. The van der Waals surface area contributed by atoms with Crippen LogP contribution in [0, 0.1) is 11.3 Å². The largest absolute Gasteiger partial charge is 0.464 e. The number of likely N-dealkylation sites (N-methyl/N-ethyl adjacent to an activating group) is 1. The van der Waals surface area contributed by atoms with Gasteiger partial charge in [0.2, 0.25) is 11.8 Å². The second-order valence-corrected chi connectivity index (χ2v) is 20.4. The first-order valence-corrected chi connectivity index (χ1v) is 24.6. The van der Waals surface area contributed by atoms with Crippen molar-refractivity contribution in [1.29, 1.82) is 0 Å². The van der Waals surface area contributed by atoms with Crippen LogP contribution in [0.5, 0.6) is 0 Å². The molecule has 4 aliphatic heterocycles. The van der Waals surface area contributed by atoms with E-state index in [1.54, 1.807) is 30.2 Å². The molecule has 360 valence electrons. The van der Waals surface area contributed by atoms with Crippen LogP contribution in [-0.4, -0.2) is 148 Å². The zero-order valence-corrected chi connectivity index (χ0v) is 40.9. The third-order valence-corrected chi connectivity index (χ3v) is 14.4. The van der Waals surface area contributed by atoms with Crippen LogP contribution in [-0.2, 0) is 48.0 Å². The minimum Gasteiger partial charge on any atom is -0.464 e. The molecule has 0 unspecified atom stereocenters. The lowest BCUT2D eigenvalue weighted by atomic mass is 9.84. The summed E-state index contributed by atoms with van der Waals surface area (Å²) in [4.78, 5) is 84.9. The Morgan fingerprint density at radius 2 is 1.82 bits per heavy atom. The Labute approximate surface area is 396 Å². The number of benzene rings is 1. The Balaban J connectivity index is 1.13. The van der Waals surface area contributed by atoms with E-state index < -0.39 is 41.3 Å². The van der Waals surface area contributed by atoms with Gasteiger partial charge in [0.25, 0.3) is 5.91 Å². The molecule has 3 aromatic heterocycles. The number of fused-ring (bicyclic) bond motifs is 6. The maximum Gasteiger partial charge on any atom is 0.324 e. The number of rotatable bonds is 9. The van der Waals surface area contributed by atoms with Crippen molar-refractivity contribution in [1.82, 2.24) is 50.3 Å². The van der Waals surface area contributed by atoms with Crippen LogP contribution in [0.15, 0.2) is 41.9 Å². The lowest BCUT2D eigenvalue weighted by Crippen LogP contribution is -2.62. The lowest BCUT2D eigenvalue weighted by molar-refractivity contribution is -0.155. The minimum atomic E-state index is -1.08. The second-order valence-electron chi connectivity index (χ2n) is 19.5. The number of ether oxygens (including phenoxy) is 2. The SMILES string of the molecule is CCn1c(-c2cccnc2[C@H](C)OC)c2c3cc(ccc31)-c1csc(n1)C[C@H](NC(=O)[C@H](C(C)C)N(C)C(=O)N1CCCN(C(=O)[C@H]3CN3)CC1)C(=O)N1CCC[C@H](N1)C(=O)OCC(C)(C)C2. The molecule has 0 aliphatic carbocycles. The number of urea groups is 1. The van der Waals surface area contributed by atoms with Gasteiger partial charge in [-0.15, -0.1) is 11.3 Å². The number of nitrogens with zero attached hydrogens (tertiary/aromatic N) is 7. The highest BCUT2D eigenvalue weighted by molar-refractivity contribution is 7.10. The number of hydrogen-bond donors (Lipinski definition) is 3. The fourth-order valence-electron chi connectivity index (χ4n) is 9.87. The van der Waals surface area contributed by atoms with Gasteiger partial charge in [-0.1, -0.05) is 33.8 Å². The molecule has 5 atom stereocenters. The van der Waals surface area contributed by atoms with Gasteiger partial charge < -0.3 is 39.4 Å². The van der Waals surface area contributed by atoms with Crippen LogP contribution in [0.2, 0.25) is 0 Å². The number of hydrazine groups is 1. The number of pyridine rings is 1. The van der Waals surface area contributed by atoms with E-state index in [4.69, 9.17) is 19.4 Å². The average molecular weight is 939 g/mol. The van der Waals surface area contributed by atoms with Gasteiger partial charge in [-0.25, -0.2) is 15.2 Å². The van der Waals surface area contributed by atoms with E-state index in [-0.39, 0.29) is 43.0 Å². The van der Waals surface area contributed by atoms with Crippen LogP contribution >= 0.6 is 11.3 Å². The first-order chi connectivity index (χ1) is 32.1. The Morgan fingerprint density at radius 3 is 2.55 bits per heavy atom. The number of thiazole rings is 1. The van der Waals surface area contributed by atoms with Crippen molar-refractivity contribution in [2.24, 2.45) is 11.3 Å². The third kappa shape index (κ3) is 10.2. The standard InChI is InChI=1S/C49H66N10O7S/c1-9-58-39-16-15-31-23-33(39)34(43(58)32-13-10-17-50-41(32)30(4)65-8)25-49(5,6)28-66-47(63)35-14-11-20-59(54-35)46(62)36(24-40-52-38(31)27-67-40)53-44(60)42(29(2)3)55(7)48(64)57-19-12-18-56(21-22-57)45(61)37-26-51-37/h10,13,15-17,23,27,29-30,35-37,42,51,54H,9,11-12,14,18-22,24-26,28H2,1-8H3,(H,53,60)/t30-,35-,36-,37+,42-/m0/s1. The number of cyclic esters (lactones) is 1. The zero-order valence-electron chi connectivity index (χ0n) is 40.1. The molecular formula is C49H66N10O7S. The Bertz CT molecular complexity index is 2500. The molecule has 67 heavy (non-hydrogen) atoms. The van der Waals surface area contributed by atoms with Crippen molar-refractivity contribution in [2.45, 2.75) is 110 Å². The number of carbonyl (C=O) groups is 5. The summed E-state index contributed by atoms with van der Waals surface area (Å²) < 4.78 is 14.3. The maximum atomic E-state index is 14.7. The van der Waals surface area contributed by atoms with Gasteiger partial charge in [0, 0.05) is 105 Å². The highest BCUT2D eigenvalue weighted by Gasteiger charge is 2.40. The van der Waals surface area contributed by atoms with E-state index in [0.717, 1.165) is 44.7 Å². The van der Waals surface area contributed by atoms with Crippen molar-refractivity contribution in [3.63, 3.8) is 0 Å². The monoisotopic (exact) mass is 938 g/mol. The van der Waals surface area contributed by atoms with E-state index in [1.807, 2.05) is 32.2 Å². The van der Waals surface area contributed by atoms with Crippen molar-refractivity contribution in [3.8, 4) is 22.5 Å². The van der Waals surface area contributed by atoms with Crippen LogP contribution in [0.1, 0.15) is 83.2 Å². The predicted molar refractivity (Wildman–Crippen MR) is 256 cm³/mol. The van der Waals surface area contributed by atoms with Crippen molar-refractivity contribution < 1.29 is 33.4 Å². The number of hydrogen-bond acceptors (Lipinski definition) is 12. The quantitative estimate of drug-likeness (QED) is 0.155. The first kappa shape index (κ1) is 48.0. The van der Waals surface area contributed by atoms with E-state index >= 15 is 0 Å². The van der Waals surface area contributed by atoms with Gasteiger partial charge in [-0.3, -0.25) is 29.2 Å². The van der Waals surface area contributed by atoms with Gasteiger partial charge in [0.05, 0.1) is 40.8 Å². The molecule has 17 nitrogen and oxygen atoms in total. The molecule has 4 aliphatic rings. The van der Waals surface area contributed by atoms with E-state index in [2.05, 4.69) is 65.7 Å². The van der Waals surface area contributed by atoms with Crippen LogP contribution in [0.3, 0.4) is 0 Å². The fourth-order valence-corrected chi connectivity index (χ4v) is 10.7. The summed E-state index contributed by atoms with van der Waals surface area (Å²) in [5, 5.41) is 11.2. The normalized spacial score (nSPS) is 22.2. The molecule has 3 fully saturated rings. The topological polar surface area (TPSA) is 193 Å². The number of esters is 1. The molecule has 3 N–H and O–H groups in total. The fraction of sp³-hybridized carbons (Fsp3) is 0.571. The third-order valence-electron chi connectivity index (χ3n) is 13.6. The van der Waals surface area contributed by atoms with Gasteiger partial charge in [0.15, 0.2) is 0 Å². The number of methoxy groups -OCH3 is 1. The van der Waals surface area contributed by atoms with Crippen LogP contribution < -0.4 is 16.1 Å². The molecule has 0 saturated carbocycles. The van der Waals surface area contributed by atoms with Crippen LogP contribution in [0.4, 0.5) is 4.79 Å². The Morgan fingerprint density at radius 1 is 1.06 bits per heavy atom. The zero-order chi connectivity index (χ0) is 47.7. The number of aryl methyl sites for hydroxylation is 1. The summed E-state index contributed by atoms with van der Waals surface area (Å²) >= 11 is 1.41. The van der Waals surface area contributed by atoms with E-state index in [1.165, 1.54) is 21.2 Å². The molecule has 7 heterocycles. The minimum absolute atomic E-state index is 0.0544. The molecule has 6 bridgehead atoms. The summed E-state index contributed by atoms with van der Waals surface area (Å²) in [5.41, 5.74) is 9.29. The van der Waals surface area contributed by atoms with Crippen LogP contribution in [0.25, 0.3) is 33.4 Å². The van der Waals surface area contributed by atoms with Gasteiger partial charge in [-0.05, 0) is 75.3 Å². The number of amides is 5. The molecule has 3 saturated heterocycles. The smallest absolute Gasteiger partial charge is 0.324 e. The summed E-state index contributed by atoms with van der Waals surface area (Å²) in [6.45, 7) is 15.7. The number of aromatic nitrogens is 3. The Kier molecular flexibility index (Phi) is 14.4. The van der Waals surface area contributed by atoms with Gasteiger partial charge in [-0.2, -0.15) is 0 Å². The second kappa shape index (κ2) is 20.0. The predicted octanol–water partition coefficient (Wildman–Crippen LogP) is 4.79. The van der Waals surface area contributed by atoms with Gasteiger partial charge in [0.1, 0.15) is 18.1 Å². The van der Waals surface area contributed by atoms with Crippen molar-refractivity contribution in [2.75, 3.05) is 60.0 Å². The van der Waals surface area contributed by atoms with Gasteiger partial charge >= 0.3 is 12.0 Å². The summed E-state index contributed by atoms with van der Waals surface area (Å²) in [6.07, 6.45) is 3.83. The summed E-state index contributed by atoms with van der Waals surface area (Å²) in [5.74, 6) is -1.60.